The van der Waals surface area contributed by atoms with Crippen molar-refractivity contribution in [2.45, 2.75) is 64.1 Å². The molecule has 0 saturated heterocycles. The first-order chi connectivity index (χ1) is 10.6. The fraction of sp³-hybridized carbons (Fsp3) is 0.611. The summed E-state index contributed by atoms with van der Waals surface area (Å²) in [5.41, 5.74) is 7.59. The van der Waals surface area contributed by atoms with Gasteiger partial charge in [-0.3, -0.25) is 4.79 Å². The average Bonchev–Trinajstić information content (AvgIpc) is 2.77. The van der Waals surface area contributed by atoms with Gasteiger partial charge in [-0.05, 0) is 43.9 Å². The van der Waals surface area contributed by atoms with Crippen molar-refractivity contribution in [3.05, 3.63) is 29.8 Å². The van der Waals surface area contributed by atoms with Crippen LogP contribution in [-0.4, -0.2) is 24.7 Å². The summed E-state index contributed by atoms with van der Waals surface area (Å²) in [5.74, 6) is -0.0142. The van der Waals surface area contributed by atoms with Gasteiger partial charge in [0.25, 0.3) is 0 Å². The Morgan fingerprint density at radius 2 is 1.86 bits per heavy atom. The van der Waals surface area contributed by atoms with Crippen LogP contribution in [0.2, 0.25) is 0 Å². The molecular formula is C18H28N2O2. The van der Waals surface area contributed by atoms with Crippen molar-refractivity contribution in [1.82, 2.24) is 5.32 Å². The molecule has 1 atom stereocenters. The minimum absolute atomic E-state index is 0.0142. The standard InChI is InChI=1S/C18H28N2O2/c1-14(22-17-6-4-2-3-5-7-17)18(21)20-13-12-15-8-10-16(19)11-9-15/h8-11,14,17H,2-7,12-13,19H2,1H3,(H,20,21). The molecule has 1 amide bonds. The molecular weight excluding hydrogens is 276 g/mol. The Bertz CT molecular complexity index is 451. The van der Waals surface area contributed by atoms with Crippen LogP contribution in [-0.2, 0) is 16.0 Å². The molecule has 0 aromatic heterocycles. The normalized spacial score (nSPS) is 17.7. The smallest absolute Gasteiger partial charge is 0.248 e. The van der Waals surface area contributed by atoms with Crippen LogP contribution in [0.3, 0.4) is 0 Å². The Morgan fingerprint density at radius 3 is 2.50 bits per heavy atom. The van der Waals surface area contributed by atoms with Crippen LogP contribution in [0.4, 0.5) is 5.69 Å². The number of nitrogens with two attached hydrogens (primary N) is 1. The lowest BCUT2D eigenvalue weighted by Crippen LogP contribution is -2.37. The molecule has 0 heterocycles. The molecule has 3 N–H and O–H groups in total. The van der Waals surface area contributed by atoms with Crippen molar-refractivity contribution in [2.24, 2.45) is 0 Å². The van der Waals surface area contributed by atoms with Crippen LogP contribution < -0.4 is 11.1 Å². The Balaban J connectivity index is 1.68. The summed E-state index contributed by atoms with van der Waals surface area (Å²) in [6.45, 7) is 2.48. The summed E-state index contributed by atoms with van der Waals surface area (Å²) in [7, 11) is 0. The quantitative estimate of drug-likeness (QED) is 0.627. The van der Waals surface area contributed by atoms with E-state index in [0.29, 0.717) is 6.54 Å². The number of rotatable bonds is 6. The number of nitrogens with one attached hydrogen (secondary N) is 1. The molecule has 0 aliphatic heterocycles. The lowest BCUT2D eigenvalue weighted by molar-refractivity contribution is -0.135. The van der Waals surface area contributed by atoms with Crippen LogP contribution >= 0.6 is 0 Å². The average molecular weight is 304 g/mol. The molecule has 0 bridgehead atoms. The van der Waals surface area contributed by atoms with Gasteiger partial charge in [-0.25, -0.2) is 0 Å². The molecule has 1 fully saturated rings. The van der Waals surface area contributed by atoms with E-state index in [4.69, 9.17) is 10.5 Å². The van der Waals surface area contributed by atoms with Gasteiger partial charge < -0.3 is 15.8 Å². The van der Waals surface area contributed by atoms with E-state index in [-0.39, 0.29) is 18.1 Å². The van der Waals surface area contributed by atoms with Gasteiger partial charge in [-0.2, -0.15) is 0 Å². The second-order valence-corrected chi connectivity index (χ2v) is 6.17. The number of hydrogen-bond acceptors (Lipinski definition) is 3. The molecule has 1 aliphatic carbocycles. The van der Waals surface area contributed by atoms with E-state index in [0.717, 1.165) is 24.9 Å². The largest absolute Gasteiger partial charge is 0.399 e. The minimum atomic E-state index is -0.366. The molecule has 4 heteroatoms. The van der Waals surface area contributed by atoms with E-state index in [1.165, 1.54) is 31.2 Å². The number of benzene rings is 1. The lowest BCUT2D eigenvalue weighted by atomic mass is 10.1. The fourth-order valence-corrected chi connectivity index (χ4v) is 2.89. The summed E-state index contributed by atoms with van der Waals surface area (Å²) >= 11 is 0. The fourth-order valence-electron chi connectivity index (χ4n) is 2.89. The first kappa shape index (κ1) is 16.8. The van der Waals surface area contributed by atoms with Crippen molar-refractivity contribution in [3.8, 4) is 0 Å². The van der Waals surface area contributed by atoms with Gasteiger partial charge in [-0.1, -0.05) is 37.8 Å². The lowest BCUT2D eigenvalue weighted by Gasteiger charge is -2.20. The molecule has 122 valence electrons. The second kappa shape index (κ2) is 8.79. The van der Waals surface area contributed by atoms with Crippen molar-refractivity contribution < 1.29 is 9.53 Å². The van der Waals surface area contributed by atoms with E-state index >= 15 is 0 Å². The molecule has 0 radical (unpaired) electrons. The van der Waals surface area contributed by atoms with Crippen LogP contribution in [0.1, 0.15) is 51.0 Å². The second-order valence-electron chi connectivity index (χ2n) is 6.17. The first-order valence-electron chi connectivity index (χ1n) is 8.43. The summed E-state index contributed by atoms with van der Waals surface area (Å²) in [4.78, 5) is 12.1. The molecule has 1 saturated carbocycles. The highest BCUT2D eigenvalue weighted by molar-refractivity contribution is 5.80. The number of hydrogen-bond donors (Lipinski definition) is 2. The van der Waals surface area contributed by atoms with Crippen LogP contribution in [0, 0.1) is 0 Å². The van der Waals surface area contributed by atoms with E-state index in [1.54, 1.807) is 0 Å². The van der Waals surface area contributed by atoms with Gasteiger partial charge in [-0.15, -0.1) is 0 Å². The van der Waals surface area contributed by atoms with Crippen LogP contribution in [0.25, 0.3) is 0 Å². The van der Waals surface area contributed by atoms with E-state index < -0.39 is 0 Å². The van der Waals surface area contributed by atoms with Crippen molar-refractivity contribution >= 4 is 11.6 Å². The van der Waals surface area contributed by atoms with Gasteiger partial charge in [0.15, 0.2) is 0 Å². The summed E-state index contributed by atoms with van der Waals surface area (Å²) < 4.78 is 5.92. The Morgan fingerprint density at radius 1 is 1.23 bits per heavy atom. The van der Waals surface area contributed by atoms with Crippen molar-refractivity contribution in [1.29, 1.82) is 0 Å². The number of nitrogen functional groups attached to an aromatic ring is 1. The number of carbonyl (C=O) groups excluding carboxylic acids is 1. The Hall–Kier alpha value is -1.55. The molecule has 4 nitrogen and oxygen atoms in total. The van der Waals surface area contributed by atoms with Crippen molar-refractivity contribution in [2.75, 3.05) is 12.3 Å². The summed E-state index contributed by atoms with van der Waals surface area (Å²) in [6, 6.07) is 7.75. The highest BCUT2D eigenvalue weighted by atomic mass is 16.5. The van der Waals surface area contributed by atoms with Gasteiger partial charge in [0.1, 0.15) is 6.10 Å². The van der Waals surface area contributed by atoms with Gasteiger partial charge in [0.05, 0.1) is 6.10 Å². The van der Waals surface area contributed by atoms with Gasteiger partial charge in [0, 0.05) is 12.2 Å². The number of carbonyl (C=O) groups is 1. The highest BCUT2D eigenvalue weighted by Crippen LogP contribution is 2.20. The Labute approximate surface area is 133 Å². The SMILES string of the molecule is CC(OC1CCCCCC1)C(=O)NCCc1ccc(N)cc1. The zero-order chi connectivity index (χ0) is 15.8. The third kappa shape index (κ3) is 5.68. The molecule has 2 rings (SSSR count). The summed E-state index contributed by atoms with van der Waals surface area (Å²) in [6.07, 6.45) is 7.89. The predicted octanol–water partition coefficient (Wildman–Crippen LogP) is 3.06. The maximum absolute atomic E-state index is 12.1. The Kier molecular flexibility index (Phi) is 6.72. The van der Waals surface area contributed by atoms with Crippen LogP contribution in [0.5, 0.6) is 0 Å². The maximum Gasteiger partial charge on any atom is 0.248 e. The van der Waals surface area contributed by atoms with Gasteiger partial charge in [0.2, 0.25) is 5.91 Å². The molecule has 1 unspecified atom stereocenters. The van der Waals surface area contributed by atoms with E-state index in [2.05, 4.69) is 5.32 Å². The van der Waals surface area contributed by atoms with Gasteiger partial charge >= 0.3 is 0 Å². The third-order valence-corrected chi connectivity index (χ3v) is 4.26. The van der Waals surface area contributed by atoms with E-state index in [9.17, 15) is 4.79 Å². The number of ether oxygens (including phenoxy) is 1. The highest BCUT2D eigenvalue weighted by Gasteiger charge is 2.20. The molecule has 1 aliphatic rings. The van der Waals surface area contributed by atoms with E-state index in [1.807, 2.05) is 31.2 Å². The van der Waals surface area contributed by atoms with Crippen molar-refractivity contribution in [3.63, 3.8) is 0 Å². The number of amides is 1. The maximum atomic E-state index is 12.1. The topological polar surface area (TPSA) is 64.3 Å². The molecule has 0 spiro atoms. The molecule has 1 aromatic carbocycles. The third-order valence-electron chi connectivity index (χ3n) is 4.26. The number of anilines is 1. The monoisotopic (exact) mass is 304 g/mol. The zero-order valence-electron chi connectivity index (χ0n) is 13.5. The first-order valence-corrected chi connectivity index (χ1v) is 8.43. The van der Waals surface area contributed by atoms with Crippen LogP contribution in [0.15, 0.2) is 24.3 Å². The minimum Gasteiger partial charge on any atom is -0.399 e. The summed E-state index contributed by atoms with van der Waals surface area (Å²) in [5, 5.41) is 2.96. The molecule has 1 aromatic rings. The predicted molar refractivity (Wildman–Crippen MR) is 89.6 cm³/mol. The zero-order valence-corrected chi connectivity index (χ0v) is 13.5. The molecule has 22 heavy (non-hydrogen) atoms.